The molecule has 6 rings (SSSR count). The summed E-state index contributed by atoms with van der Waals surface area (Å²) in [6.07, 6.45) is 0.465. The van der Waals surface area contributed by atoms with Gasteiger partial charge in [-0.1, -0.05) is 60.1 Å². The molecule has 0 unspecified atom stereocenters. The van der Waals surface area contributed by atoms with Gasteiger partial charge in [-0.3, -0.25) is 4.79 Å². The fraction of sp³-hybridized carbons (Fsp3) is 0.200. The van der Waals surface area contributed by atoms with Crippen molar-refractivity contribution in [1.82, 2.24) is 9.97 Å². The predicted octanol–water partition coefficient (Wildman–Crippen LogP) is 6.31. The van der Waals surface area contributed by atoms with Crippen LogP contribution in [0.2, 0.25) is 5.02 Å². The number of rotatable bonds is 6. The van der Waals surface area contributed by atoms with Crippen LogP contribution in [0.3, 0.4) is 0 Å². The Balaban J connectivity index is 1.22. The van der Waals surface area contributed by atoms with E-state index in [9.17, 15) is 14.7 Å². The van der Waals surface area contributed by atoms with Gasteiger partial charge in [-0.15, -0.1) is 0 Å². The zero-order valence-corrected chi connectivity index (χ0v) is 21.9. The molecule has 0 radical (unpaired) electrons. The first-order chi connectivity index (χ1) is 18.9. The molecule has 0 spiro atoms. The predicted molar refractivity (Wildman–Crippen MR) is 151 cm³/mol. The lowest BCUT2D eigenvalue weighted by Crippen LogP contribution is -2.36. The summed E-state index contributed by atoms with van der Waals surface area (Å²) in [5.41, 5.74) is 4.21. The largest absolute Gasteiger partial charge is 0.480 e. The first kappa shape index (κ1) is 24.9. The van der Waals surface area contributed by atoms with Crippen LogP contribution in [0.5, 0.6) is 0 Å². The number of carbonyl (C=O) groups excluding carboxylic acids is 1. The Morgan fingerprint density at radius 3 is 2.62 bits per heavy atom. The maximum absolute atomic E-state index is 13.0. The number of benzene rings is 3. The highest BCUT2D eigenvalue weighted by atomic mass is 35.5. The Labute approximate surface area is 229 Å². The standard InChI is InChI=1S/C30H25ClN4O4/c1-17-32-27-22-9-5-6-10-25(22)39-28(27)29(33-17)35-16-18(13-24(35)30(37)38)14-26(36)34-20-11-12-21(23(31)15-20)19-7-3-2-4-8-19/h2-12,15,18,24H,13-14,16H2,1H3,(H,34,36)(H,37,38)/t18-,24+/m1/s1. The van der Waals surface area contributed by atoms with Crippen molar-refractivity contribution in [3.05, 3.63) is 83.6 Å². The number of aryl methyl sites for hydroxylation is 1. The number of carboxylic acids is 1. The van der Waals surface area contributed by atoms with Crippen LogP contribution in [0.4, 0.5) is 11.5 Å². The molecule has 2 N–H and O–H groups in total. The fourth-order valence-electron chi connectivity index (χ4n) is 5.34. The number of halogens is 1. The number of carbonyl (C=O) groups is 2. The molecule has 0 aliphatic carbocycles. The van der Waals surface area contributed by atoms with E-state index in [1.807, 2.05) is 66.7 Å². The highest BCUT2D eigenvalue weighted by Crippen LogP contribution is 2.38. The number of aromatic nitrogens is 2. The molecule has 0 saturated carbocycles. The third-order valence-electron chi connectivity index (χ3n) is 7.07. The van der Waals surface area contributed by atoms with Crippen molar-refractivity contribution in [3.63, 3.8) is 0 Å². The molecule has 9 heteroatoms. The first-order valence-corrected chi connectivity index (χ1v) is 13.1. The van der Waals surface area contributed by atoms with Crippen molar-refractivity contribution in [3.8, 4) is 11.1 Å². The summed E-state index contributed by atoms with van der Waals surface area (Å²) < 4.78 is 6.08. The summed E-state index contributed by atoms with van der Waals surface area (Å²) in [4.78, 5) is 36.1. The van der Waals surface area contributed by atoms with Crippen molar-refractivity contribution >= 4 is 57.1 Å². The van der Waals surface area contributed by atoms with Gasteiger partial charge in [0.05, 0.1) is 5.02 Å². The number of nitrogens with one attached hydrogen (secondary N) is 1. The molecule has 196 valence electrons. The molecule has 2 atom stereocenters. The molecule has 39 heavy (non-hydrogen) atoms. The lowest BCUT2D eigenvalue weighted by molar-refractivity contribution is -0.138. The fourth-order valence-corrected chi connectivity index (χ4v) is 5.63. The van der Waals surface area contributed by atoms with Crippen molar-refractivity contribution < 1.29 is 19.1 Å². The Morgan fingerprint density at radius 1 is 1.08 bits per heavy atom. The lowest BCUT2D eigenvalue weighted by Gasteiger charge is -2.22. The smallest absolute Gasteiger partial charge is 0.326 e. The molecule has 1 amide bonds. The molecule has 1 saturated heterocycles. The number of nitrogens with zero attached hydrogens (tertiary/aromatic N) is 3. The Kier molecular flexibility index (Phi) is 6.40. The zero-order valence-electron chi connectivity index (χ0n) is 21.1. The highest BCUT2D eigenvalue weighted by Gasteiger charge is 2.40. The van der Waals surface area contributed by atoms with Crippen molar-refractivity contribution in [2.45, 2.75) is 25.8 Å². The molecule has 2 aromatic heterocycles. The second-order valence-electron chi connectivity index (χ2n) is 9.79. The second kappa shape index (κ2) is 10.0. The van der Waals surface area contributed by atoms with Gasteiger partial charge in [0.2, 0.25) is 5.91 Å². The van der Waals surface area contributed by atoms with Crippen molar-refractivity contribution in [1.29, 1.82) is 0 Å². The Bertz CT molecular complexity index is 1720. The maximum Gasteiger partial charge on any atom is 0.326 e. The van der Waals surface area contributed by atoms with Crippen LogP contribution in [0.25, 0.3) is 33.2 Å². The average Bonchev–Trinajstić information content (AvgIpc) is 3.50. The number of carboxylic acid groups (broad SMARTS) is 1. The van der Waals surface area contributed by atoms with Gasteiger partial charge in [0.1, 0.15) is 23.0 Å². The van der Waals surface area contributed by atoms with Gasteiger partial charge in [-0.2, -0.15) is 0 Å². The third-order valence-corrected chi connectivity index (χ3v) is 7.38. The molecular weight excluding hydrogens is 516 g/mol. The zero-order chi connectivity index (χ0) is 27.1. The van der Waals surface area contributed by atoms with E-state index in [1.54, 1.807) is 17.9 Å². The molecule has 1 aliphatic heterocycles. The van der Waals surface area contributed by atoms with E-state index in [2.05, 4.69) is 15.3 Å². The van der Waals surface area contributed by atoms with E-state index in [1.165, 1.54) is 0 Å². The molecule has 1 fully saturated rings. The lowest BCUT2D eigenvalue weighted by atomic mass is 10.0. The van der Waals surface area contributed by atoms with E-state index in [0.29, 0.717) is 52.0 Å². The van der Waals surface area contributed by atoms with Crippen LogP contribution < -0.4 is 10.2 Å². The minimum absolute atomic E-state index is 0.158. The number of para-hydroxylation sites is 1. The van der Waals surface area contributed by atoms with Crippen molar-refractivity contribution in [2.75, 3.05) is 16.8 Å². The number of aliphatic carboxylic acids is 1. The van der Waals surface area contributed by atoms with Gasteiger partial charge in [0.15, 0.2) is 11.4 Å². The summed E-state index contributed by atoms with van der Waals surface area (Å²) in [6.45, 7) is 2.12. The van der Waals surface area contributed by atoms with E-state index >= 15 is 0 Å². The van der Waals surface area contributed by atoms with E-state index in [0.717, 1.165) is 16.5 Å². The molecular formula is C30H25ClN4O4. The molecule has 0 bridgehead atoms. The van der Waals surface area contributed by atoms with Gasteiger partial charge in [0, 0.05) is 29.6 Å². The molecule has 5 aromatic rings. The molecule has 8 nitrogen and oxygen atoms in total. The second-order valence-corrected chi connectivity index (χ2v) is 10.2. The van der Waals surface area contributed by atoms with Gasteiger partial charge in [-0.25, -0.2) is 14.8 Å². The molecule has 3 aromatic carbocycles. The number of hydrogen-bond donors (Lipinski definition) is 2. The summed E-state index contributed by atoms with van der Waals surface area (Å²) >= 11 is 6.50. The minimum Gasteiger partial charge on any atom is -0.480 e. The van der Waals surface area contributed by atoms with Crippen LogP contribution in [-0.2, 0) is 9.59 Å². The number of furan rings is 1. The van der Waals surface area contributed by atoms with Crippen LogP contribution in [0.1, 0.15) is 18.7 Å². The summed E-state index contributed by atoms with van der Waals surface area (Å²) in [5.74, 6) is -0.415. The van der Waals surface area contributed by atoms with E-state index < -0.39 is 12.0 Å². The quantitative estimate of drug-likeness (QED) is 0.259. The van der Waals surface area contributed by atoms with Crippen LogP contribution in [-0.4, -0.2) is 39.5 Å². The number of anilines is 2. The Hall–Kier alpha value is -4.43. The van der Waals surface area contributed by atoms with Gasteiger partial charge in [0.25, 0.3) is 0 Å². The van der Waals surface area contributed by atoms with Crippen LogP contribution >= 0.6 is 11.6 Å². The van der Waals surface area contributed by atoms with Gasteiger partial charge in [-0.05, 0) is 49.1 Å². The Morgan fingerprint density at radius 2 is 1.85 bits per heavy atom. The molecule has 3 heterocycles. The summed E-state index contributed by atoms with van der Waals surface area (Å²) in [7, 11) is 0. The van der Waals surface area contributed by atoms with Crippen LogP contribution in [0.15, 0.2) is 77.2 Å². The number of hydrogen-bond acceptors (Lipinski definition) is 6. The number of fused-ring (bicyclic) bond motifs is 3. The average molecular weight is 541 g/mol. The minimum atomic E-state index is -0.971. The first-order valence-electron chi connectivity index (χ1n) is 12.7. The number of amides is 1. The summed E-state index contributed by atoms with van der Waals surface area (Å²) in [5, 5.41) is 14.3. The van der Waals surface area contributed by atoms with Gasteiger partial charge < -0.3 is 19.7 Å². The maximum atomic E-state index is 13.0. The van der Waals surface area contributed by atoms with E-state index in [-0.39, 0.29) is 18.2 Å². The molecule has 1 aliphatic rings. The van der Waals surface area contributed by atoms with Crippen LogP contribution in [0, 0.1) is 12.8 Å². The monoisotopic (exact) mass is 540 g/mol. The highest BCUT2D eigenvalue weighted by molar-refractivity contribution is 6.33. The summed E-state index contributed by atoms with van der Waals surface area (Å²) in [6, 6.07) is 21.9. The SMILES string of the molecule is Cc1nc(N2C[C@@H](CC(=O)Nc3ccc(-c4ccccc4)c(Cl)c3)C[C@H]2C(=O)O)c2oc3ccccc3c2n1. The topological polar surface area (TPSA) is 109 Å². The van der Waals surface area contributed by atoms with E-state index in [4.69, 9.17) is 16.0 Å². The third kappa shape index (κ3) is 4.79. The van der Waals surface area contributed by atoms with Crippen molar-refractivity contribution in [2.24, 2.45) is 5.92 Å². The normalized spacial score (nSPS) is 17.1. The van der Waals surface area contributed by atoms with Gasteiger partial charge >= 0.3 is 5.97 Å².